The fourth-order valence-corrected chi connectivity index (χ4v) is 11.1. The Morgan fingerprint density at radius 3 is 1.58 bits per heavy atom. The minimum absolute atomic E-state index is 0.156. The Bertz CT molecular complexity index is 3640. The van der Waals surface area contributed by atoms with Crippen LogP contribution < -0.4 is 0 Å². The molecule has 9 aromatic carbocycles. The van der Waals surface area contributed by atoms with Crippen LogP contribution in [0.5, 0.6) is 0 Å². The third kappa shape index (κ3) is 5.62. The van der Waals surface area contributed by atoms with Crippen LogP contribution in [0.3, 0.4) is 0 Å². The monoisotopic (exact) mass is 830 g/mol. The van der Waals surface area contributed by atoms with E-state index in [1.54, 1.807) is 0 Å². The summed E-state index contributed by atoms with van der Waals surface area (Å²) >= 11 is 0. The Kier molecular flexibility index (Phi) is 8.17. The zero-order valence-corrected chi connectivity index (χ0v) is 36.1. The van der Waals surface area contributed by atoms with E-state index in [9.17, 15) is 0 Å². The van der Waals surface area contributed by atoms with E-state index in [1.165, 1.54) is 55.6 Å². The van der Waals surface area contributed by atoms with Crippen molar-refractivity contribution in [3.8, 4) is 67.3 Å². The van der Waals surface area contributed by atoms with Gasteiger partial charge in [0.2, 0.25) is 0 Å². The van der Waals surface area contributed by atoms with E-state index < -0.39 is 5.41 Å². The van der Waals surface area contributed by atoms with Crippen molar-refractivity contribution in [3.63, 3.8) is 0 Å². The Morgan fingerprint density at radius 1 is 0.338 bits per heavy atom. The summed E-state index contributed by atoms with van der Waals surface area (Å²) in [5.74, 6) is 0.702. The third-order valence-electron chi connectivity index (χ3n) is 14.2. The Labute approximate surface area is 378 Å². The van der Waals surface area contributed by atoms with Crippen molar-refractivity contribution in [3.05, 3.63) is 252 Å². The molecule has 2 heterocycles. The molecule has 0 unspecified atom stereocenters. The lowest BCUT2D eigenvalue weighted by Crippen LogP contribution is -2.28. The van der Waals surface area contributed by atoms with E-state index >= 15 is 0 Å². The topological polar surface area (TPSA) is 38.9 Å². The van der Waals surface area contributed by atoms with Crippen molar-refractivity contribution in [2.45, 2.75) is 24.7 Å². The minimum Gasteiger partial charge on any atom is -0.456 e. The van der Waals surface area contributed by atoms with Crippen LogP contribution in [-0.4, -0.2) is 9.97 Å². The van der Waals surface area contributed by atoms with Crippen LogP contribution in [-0.2, 0) is 10.8 Å². The van der Waals surface area contributed by atoms with E-state index in [2.05, 4.69) is 220 Å². The van der Waals surface area contributed by atoms with Gasteiger partial charge in [0, 0.05) is 32.9 Å². The summed E-state index contributed by atoms with van der Waals surface area (Å²) in [6, 6.07) is 79.0. The number of rotatable bonds is 6. The van der Waals surface area contributed by atoms with Crippen molar-refractivity contribution in [1.82, 2.24) is 9.97 Å². The second-order valence-electron chi connectivity index (χ2n) is 18.1. The first-order chi connectivity index (χ1) is 31.9. The molecule has 0 amide bonds. The van der Waals surface area contributed by atoms with Gasteiger partial charge in [0.05, 0.1) is 16.8 Å². The number of furan rings is 1. The molecule has 3 nitrogen and oxygen atoms in total. The average molecular weight is 831 g/mol. The van der Waals surface area contributed by atoms with Crippen LogP contribution in [0.4, 0.5) is 0 Å². The lowest BCUT2D eigenvalue weighted by Gasteiger charge is -2.34. The fraction of sp³-hybridized carbons (Fsp3) is 0.0645. The number of para-hydroxylation sites is 1. The molecule has 0 spiro atoms. The molecule has 0 aliphatic heterocycles. The normalized spacial score (nSPS) is 13.9. The first-order valence-electron chi connectivity index (χ1n) is 22.5. The number of aromatic nitrogens is 2. The molecule has 65 heavy (non-hydrogen) atoms. The zero-order chi connectivity index (χ0) is 43.3. The van der Waals surface area contributed by atoms with Crippen LogP contribution in [0.15, 0.2) is 223 Å². The smallest absolute Gasteiger partial charge is 0.160 e. The second kappa shape index (κ2) is 14.2. The number of hydrogen-bond donors (Lipinski definition) is 0. The molecule has 306 valence electrons. The lowest BCUT2D eigenvalue weighted by atomic mass is 9.67. The van der Waals surface area contributed by atoms with Gasteiger partial charge in [-0.25, -0.2) is 9.97 Å². The van der Waals surface area contributed by atoms with Crippen molar-refractivity contribution in [2.75, 3.05) is 0 Å². The maximum atomic E-state index is 6.27. The highest BCUT2D eigenvalue weighted by atomic mass is 16.3. The molecule has 0 saturated carbocycles. The van der Waals surface area contributed by atoms with Gasteiger partial charge < -0.3 is 4.42 Å². The quantitative estimate of drug-likeness (QED) is 0.168. The largest absolute Gasteiger partial charge is 0.456 e. The summed E-state index contributed by atoms with van der Waals surface area (Å²) < 4.78 is 6.27. The molecule has 0 bridgehead atoms. The highest BCUT2D eigenvalue weighted by Gasteiger charge is 2.46. The molecular formula is C62H42N2O. The van der Waals surface area contributed by atoms with E-state index in [4.69, 9.17) is 14.4 Å². The summed E-state index contributed by atoms with van der Waals surface area (Å²) in [7, 11) is 0. The molecule has 0 fully saturated rings. The van der Waals surface area contributed by atoms with Gasteiger partial charge in [-0.3, -0.25) is 0 Å². The standard InChI is InChI=1S/C62H42N2O/c1-61(2)52-22-12-9-19-46(52)48-33-31-43(36-54(48)61)60-63-56(40-27-25-39(26-28-40)41-29-34-51-50-21-11-14-24-58(50)65-59(51)37-41)38-57(64-60)42-30-32-49-47-20-10-13-23-53(47)62(55(49)35-42,44-15-5-3-6-16-44)45-17-7-4-8-18-45/h3-38H,1-2H3. The molecule has 2 aromatic heterocycles. The van der Waals surface area contributed by atoms with Crippen molar-refractivity contribution >= 4 is 21.9 Å². The van der Waals surface area contributed by atoms with Crippen molar-refractivity contribution in [1.29, 1.82) is 0 Å². The Morgan fingerprint density at radius 2 is 0.846 bits per heavy atom. The Hall–Kier alpha value is -8.14. The van der Waals surface area contributed by atoms with E-state index in [1.807, 2.05) is 12.1 Å². The maximum absolute atomic E-state index is 6.27. The van der Waals surface area contributed by atoms with E-state index in [0.29, 0.717) is 5.82 Å². The summed E-state index contributed by atoms with van der Waals surface area (Å²) in [5, 5.41) is 2.26. The van der Waals surface area contributed by atoms with E-state index in [0.717, 1.165) is 61.1 Å². The number of benzene rings is 9. The highest BCUT2D eigenvalue weighted by molar-refractivity contribution is 6.06. The number of hydrogen-bond acceptors (Lipinski definition) is 3. The first-order valence-corrected chi connectivity index (χ1v) is 22.5. The van der Waals surface area contributed by atoms with Crippen molar-refractivity contribution < 1.29 is 4.42 Å². The second-order valence-corrected chi connectivity index (χ2v) is 18.1. The molecule has 0 N–H and O–H groups in total. The van der Waals surface area contributed by atoms with Gasteiger partial charge in [0.25, 0.3) is 0 Å². The predicted molar refractivity (Wildman–Crippen MR) is 266 cm³/mol. The first kappa shape index (κ1) is 37.4. The molecule has 0 atom stereocenters. The zero-order valence-electron chi connectivity index (χ0n) is 36.1. The molecule has 3 heteroatoms. The molecule has 11 aromatic rings. The molecule has 0 saturated heterocycles. The molecule has 2 aliphatic carbocycles. The number of fused-ring (bicyclic) bond motifs is 9. The van der Waals surface area contributed by atoms with Gasteiger partial charge >= 0.3 is 0 Å². The summed E-state index contributed by atoms with van der Waals surface area (Å²) in [5.41, 5.74) is 20.9. The van der Waals surface area contributed by atoms with Gasteiger partial charge in [-0.2, -0.15) is 0 Å². The van der Waals surface area contributed by atoms with Crippen LogP contribution in [0.25, 0.3) is 89.2 Å². The SMILES string of the molecule is CC1(C)c2ccccc2-c2ccc(-c3nc(-c4ccc(-c5ccc6c(c5)oc5ccccc56)cc4)cc(-c4ccc5c(c4)C(c4ccccc4)(c4ccccc4)c4ccccc4-5)n3)cc21. The van der Waals surface area contributed by atoms with Gasteiger partial charge in [-0.05, 0) is 103 Å². The molecule has 2 aliphatic rings. The van der Waals surface area contributed by atoms with Crippen LogP contribution in [0.1, 0.15) is 47.2 Å². The Balaban J connectivity index is 0.983. The third-order valence-corrected chi connectivity index (χ3v) is 14.2. The molecular weight excluding hydrogens is 789 g/mol. The predicted octanol–water partition coefficient (Wildman–Crippen LogP) is 15.7. The van der Waals surface area contributed by atoms with Gasteiger partial charge in [0.1, 0.15) is 11.2 Å². The lowest BCUT2D eigenvalue weighted by molar-refractivity contribution is 0.660. The summed E-state index contributed by atoms with van der Waals surface area (Å²) in [6.07, 6.45) is 0. The van der Waals surface area contributed by atoms with Crippen molar-refractivity contribution in [2.24, 2.45) is 0 Å². The van der Waals surface area contributed by atoms with Gasteiger partial charge in [-0.1, -0.05) is 196 Å². The van der Waals surface area contributed by atoms with Crippen LogP contribution in [0, 0.1) is 0 Å². The summed E-state index contributed by atoms with van der Waals surface area (Å²) in [4.78, 5) is 10.9. The highest BCUT2D eigenvalue weighted by Crippen LogP contribution is 2.57. The minimum atomic E-state index is -0.523. The fourth-order valence-electron chi connectivity index (χ4n) is 11.1. The number of nitrogens with zero attached hydrogens (tertiary/aromatic N) is 2. The maximum Gasteiger partial charge on any atom is 0.160 e. The molecule has 13 rings (SSSR count). The molecule has 0 radical (unpaired) electrons. The van der Waals surface area contributed by atoms with E-state index in [-0.39, 0.29) is 5.41 Å². The van der Waals surface area contributed by atoms with Gasteiger partial charge in [-0.15, -0.1) is 0 Å². The summed E-state index contributed by atoms with van der Waals surface area (Å²) in [6.45, 7) is 4.65. The average Bonchev–Trinajstić information content (AvgIpc) is 3.97. The van der Waals surface area contributed by atoms with Crippen LogP contribution in [0.2, 0.25) is 0 Å². The van der Waals surface area contributed by atoms with Crippen LogP contribution >= 0.6 is 0 Å². The van der Waals surface area contributed by atoms with Gasteiger partial charge in [0.15, 0.2) is 5.82 Å².